The quantitative estimate of drug-likeness (QED) is 0.522. The first kappa shape index (κ1) is 25.9. The van der Waals surface area contributed by atoms with Gasteiger partial charge in [-0.05, 0) is 55.0 Å². The number of aryl methyl sites for hydroxylation is 1. The summed E-state index contributed by atoms with van der Waals surface area (Å²) in [7, 11) is -3.89. The highest BCUT2D eigenvalue weighted by Crippen LogP contribution is 2.40. The average Bonchev–Trinajstić information content (AvgIpc) is 3.34. The topological polar surface area (TPSA) is 75.7 Å². The van der Waals surface area contributed by atoms with Gasteiger partial charge in [-0.15, -0.1) is 0 Å². The monoisotopic (exact) mass is 516 g/mol. The number of carbonyl (C=O) groups is 1. The van der Waals surface area contributed by atoms with Crippen LogP contribution in [0.5, 0.6) is 5.75 Å². The van der Waals surface area contributed by atoms with Gasteiger partial charge in [0.1, 0.15) is 5.75 Å². The lowest BCUT2D eigenvalue weighted by molar-refractivity contribution is -0.127. The van der Waals surface area contributed by atoms with Crippen molar-refractivity contribution in [1.82, 2.24) is 5.32 Å². The minimum atomic E-state index is -3.89. The fourth-order valence-corrected chi connectivity index (χ4v) is 7.18. The zero-order valence-electron chi connectivity index (χ0n) is 21.0. The summed E-state index contributed by atoms with van der Waals surface area (Å²) in [5.41, 5.74) is 2.28. The molecule has 0 saturated heterocycles. The largest absolute Gasteiger partial charge is 0.476 e. The van der Waals surface area contributed by atoms with Gasteiger partial charge in [0.15, 0.2) is 6.10 Å². The summed E-state index contributed by atoms with van der Waals surface area (Å²) in [6.45, 7) is 8.63. The van der Waals surface area contributed by atoms with E-state index >= 15 is 0 Å². The molecular formula is C27H36N2O4S2. The Labute approximate surface area is 213 Å². The number of anilines is 1. The van der Waals surface area contributed by atoms with E-state index in [0.29, 0.717) is 23.2 Å². The van der Waals surface area contributed by atoms with Crippen molar-refractivity contribution in [3.05, 3.63) is 53.6 Å². The van der Waals surface area contributed by atoms with Crippen LogP contribution in [-0.2, 0) is 20.2 Å². The Hall–Kier alpha value is -2.19. The molecule has 190 valence electrons. The zero-order valence-corrected chi connectivity index (χ0v) is 22.7. The summed E-state index contributed by atoms with van der Waals surface area (Å²) >= 11 is 1.91. The summed E-state index contributed by atoms with van der Waals surface area (Å²) in [5, 5.41) is 3.65. The first-order valence-corrected chi connectivity index (χ1v) is 14.8. The number of ether oxygens (including phenoxy) is 1. The highest BCUT2D eigenvalue weighted by atomic mass is 32.2. The SMILES string of the molecule is Cc1ccc(S(=O)(=O)N2CC(C(=O)NCCSC3CCCC3)Oc3ccc(C(C)(C)C)cc32)cc1. The molecule has 6 nitrogen and oxygen atoms in total. The molecular weight excluding hydrogens is 480 g/mol. The number of amides is 1. The van der Waals surface area contributed by atoms with E-state index in [1.54, 1.807) is 30.3 Å². The van der Waals surface area contributed by atoms with Crippen molar-refractivity contribution >= 4 is 33.4 Å². The van der Waals surface area contributed by atoms with Gasteiger partial charge in [-0.2, -0.15) is 11.8 Å². The third-order valence-corrected chi connectivity index (χ3v) is 9.83. The van der Waals surface area contributed by atoms with Crippen LogP contribution in [-0.4, -0.2) is 44.5 Å². The molecule has 0 spiro atoms. The predicted molar refractivity (Wildman–Crippen MR) is 143 cm³/mol. The molecule has 1 saturated carbocycles. The highest BCUT2D eigenvalue weighted by Gasteiger charge is 2.38. The minimum Gasteiger partial charge on any atom is -0.476 e. The lowest BCUT2D eigenvalue weighted by Gasteiger charge is -2.36. The summed E-state index contributed by atoms with van der Waals surface area (Å²) < 4.78 is 34.9. The van der Waals surface area contributed by atoms with Crippen molar-refractivity contribution in [3.63, 3.8) is 0 Å². The van der Waals surface area contributed by atoms with Crippen molar-refractivity contribution in [2.75, 3.05) is 23.1 Å². The maximum Gasteiger partial charge on any atom is 0.264 e. The van der Waals surface area contributed by atoms with Gasteiger partial charge in [0.2, 0.25) is 0 Å². The maximum absolute atomic E-state index is 13.7. The molecule has 1 aliphatic carbocycles. The van der Waals surface area contributed by atoms with Crippen molar-refractivity contribution in [1.29, 1.82) is 0 Å². The third-order valence-electron chi connectivity index (χ3n) is 6.65. The van der Waals surface area contributed by atoms with Gasteiger partial charge in [-0.25, -0.2) is 8.42 Å². The van der Waals surface area contributed by atoms with E-state index in [4.69, 9.17) is 4.74 Å². The smallest absolute Gasteiger partial charge is 0.264 e. The predicted octanol–water partition coefficient (Wildman–Crippen LogP) is 5.04. The van der Waals surface area contributed by atoms with E-state index in [1.807, 2.05) is 30.8 Å². The Morgan fingerprint density at radius 2 is 1.80 bits per heavy atom. The second-order valence-corrected chi connectivity index (χ2v) is 13.7. The molecule has 4 rings (SSSR count). The first-order valence-electron chi connectivity index (χ1n) is 12.4. The number of fused-ring (bicyclic) bond motifs is 1. The van der Waals surface area contributed by atoms with Crippen LogP contribution < -0.4 is 14.4 Å². The number of hydrogen-bond acceptors (Lipinski definition) is 5. The number of nitrogens with one attached hydrogen (secondary N) is 1. The van der Waals surface area contributed by atoms with Gasteiger partial charge in [0.25, 0.3) is 15.9 Å². The molecule has 0 bridgehead atoms. The van der Waals surface area contributed by atoms with E-state index in [-0.39, 0.29) is 22.8 Å². The van der Waals surface area contributed by atoms with Gasteiger partial charge in [0.05, 0.1) is 17.1 Å². The average molecular weight is 517 g/mol. The number of benzene rings is 2. The Balaban J connectivity index is 1.57. The maximum atomic E-state index is 13.7. The fourth-order valence-electron chi connectivity index (χ4n) is 4.49. The molecule has 0 aromatic heterocycles. The van der Waals surface area contributed by atoms with Gasteiger partial charge in [-0.3, -0.25) is 9.10 Å². The van der Waals surface area contributed by atoms with Crippen LogP contribution in [0.4, 0.5) is 5.69 Å². The van der Waals surface area contributed by atoms with Gasteiger partial charge in [0, 0.05) is 17.5 Å². The van der Waals surface area contributed by atoms with Crippen molar-refractivity contribution in [2.45, 2.75) is 75.0 Å². The van der Waals surface area contributed by atoms with E-state index in [2.05, 4.69) is 26.1 Å². The molecule has 1 N–H and O–H groups in total. The molecule has 0 radical (unpaired) electrons. The van der Waals surface area contributed by atoms with Crippen LogP contribution in [0.1, 0.15) is 57.6 Å². The second kappa shape index (κ2) is 10.4. The molecule has 2 aromatic carbocycles. The molecule has 35 heavy (non-hydrogen) atoms. The van der Waals surface area contributed by atoms with Crippen molar-refractivity contribution < 1.29 is 17.9 Å². The Morgan fingerprint density at radius 1 is 1.11 bits per heavy atom. The molecule has 1 atom stereocenters. The van der Waals surface area contributed by atoms with Gasteiger partial charge >= 0.3 is 0 Å². The molecule has 2 aromatic rings. The summed E-state index contributed by atoms with van der Waals surface area (Å²) in [4.78, 5) is 13.2. The fraction of sp³-hybridized carbons (Fsp3) is 0.519. The first-order chi connectivity index (χ1) is 16.6. The molecule has 1 aliphatic heterocycles. The number of carbonyl (C=O) groups excluding carboxylic acids is 1. The minimum absolute atomic E-state index is 0.0710. The number of nitrogens with zero attached hydrogens (tertiary/aromatic N) is 1. The zero-order chi connectivity index (χ0) is 25.2. The number of hydrogen-bond donors (Lipinski definition) is 1. The van der Waals surface area contributed by atoms with Crippen molar-refractivity contribution in [2.24, 2.45) is 0 Å². The molecule has 1 fully saturated rings. The number of rotatable bonds is 7. The lowest BCUT2D eigenvalue weighted by atomic mass is 9.86. The molecule has 2 aliphatic rings. The molecule has 1 heterocycles. The normalized spacial score (nSPS) is 18.7. The van der Waals surface area contributed by atoms with Gasteiger partial charge < -0.3 is 10.1 Å². The van der Waals surface area contributed by atoms with Crippen LogP contribution in [0.25, 0.3) is 0 Å². The Kier molecular flexibility index (Phi) is 7.71. The number of thioether (sulfide) groups is 1. The number of sulfonamides is 1. The van der Waals surface area contributed by atoms with Crippen LogP contribution in [0, 0.1) is 6.92 Å². The summed E-state index contributed by atoms with van der Waals surface area (Å²) in [6.07, 6.45) is 4.18. The van der Waals surface area contributed by atoms with E-state index < -0.39 is 16.1 Å². The van der Waals surface area contributed by atoms with E-state index in [1.165, 1.54) is 30.0 Å². The van der Waals surface area contributed by atoms with E-state index in [0.717, 1.165) is 16.9 Å². The summed E-state index contributed by atoms with van der Waals surface area (Å²) in [6, 6.07) is 12.4. The summed E-state index contributed by atoms with van der Waals surface area (Å²) in [5.74, 6) is 0.965. The lowest BCUT2D eigenvalue weighted by Crippen LogP contribution is -2.51. The Bertz CT molecular complexity index is 1150. The standard InChI is InChI=1S/C27H36N2O4S2/c1-19-9-12-22(13-10-19)35(31,32)29-18-25(26(30)28-15-16-34-21-7-5-6-8-21)33-24-14-11-20(17-23(24)29)27(2,3)4/h9-14,17,21,25H,5-8,15-16,18H2,1-4H3,(H,28,30). The third kappa shape index (κ3) is 5.97. The molecule has 1 unspecified atom stereocenters. The van der Waals surface area contributed by atoms with Crippen LogP contribution in [0.3, 0.4) is 0 Å². The van der Waals surface area contributed by atoms with Crippen LogP contribution in [0.15, 0.2) is 47.4 Å². The van der Waals surface area contributed by atoms with E-state index in [9.17, 15) is 13.2 Å². The second-order valence-electron chi connectivity index (χ2n) is 10.5. The Morgan fingerprint density at radius 3 is 2.46 bits per heavy atom. The highest BCUT2D eigenvalue weighted by molar-refractivity contribution is 7.99. The van der Waals surface area contributed by atoms with Crippen LogP contribution in [0.2, 0.25) is 0 Å². The molecule has 1 amide bonds. The molecule has 8 heteroatoms. The van der Waals surface area contributed by atoms with Gasteiger partial charge in [-0.1, -0.05) is 57.4 Å². The van der Waals surface area contributed by atoms with Crippen molar-refractivity contribution in [3.8, 4) is 5.75 Å². The van der Waals surface area contributed by atoms with Crippen LogP contribution >= 0.6 is 11.8 Å².